The van der Waals surface area contributed by atoms with E-state index in [-0.39, 0.29) is 19.1 Å². The monoisotopic (exact) mass is 345 g/mol. The zero-order chi connectivity index (χ0) is 17.5. The van der Waals surface area contributed by atoms with Gasteiger partial charge in [-0.2, -0.15) is 0 Å². The maximum absolute atomic E-state index is 12.5. The summed E-state index contributed by atoms with van der Waals surface area (Å²) in [4.78, 5) is 24.8. The van der Waals surface area contributed by atoms with Crippen LogP contribution in [0.3, 0.4) is 0 Å². The fourth-order valence-electron chi connectivity index (χ4n) is 3.67. The lowest BCUT2D eigenvalue weighted by molar-refractivity contribution is -0.330. The first-order valence-corrected chi connectivity index (χ1v) is 7.89. The Bertz CT molecular complexity index is 514. The molecule has 0 spiro atoms. The van der Waals surface area contributed by atoms with Crippen molar-refractivity contribution in [1.29, 1.82) is 0 Å². The van der Waals surface area contributed by atoms with Gasteiger partial charge >= 0.3 is 5.97 Å². The van der Waals surface area contributed by atoms with Crippen molar-refractivity contribution in [3.05, 3.63) is 0 Å². The van der Waals surface area contributed by atoms with E-state index in [1.807, 2.05) is 0 Å². The van der Waals surface area contributed by atoms with E-state index in [0.29, 0.717) is 0 Å². The maximum atomic E-state index is 12.5. The Balaban J connectivity index is 1.80. The van der Waals surface area contributed by atoms with Gasteiger partial charge in [0.25, 0.3) is 5.97 Å². The normalized spacial score (nSPS) is 42.8. The van der Waals surface area contributed by atoms with Gasteiger partial charge in [-0.1, -0.05) is 0 Å². The molecule has 0 radical (unpaired) electrons. The number of carbonyl (C=O) groups is 2. The highest BCUT2D eigenvalue weighted by atomic mass is 16.9. The summed E-state index contributed by atoms with van der Waals surface area (Å²) < 4.78 is 32.7. The van der Waals surface area contributed by atoms with Crippen molar-refractivity contribution in [3.8, 4) is 0 Å². The van der Waals surface area contributed by atoms with E-state index in [9.17, 15) is 9.59 Å². The van der Waals surface area contributed by atoms with Crippen molar-refractivity contribution < 1.29 is 38.0 Å². The minimum Gasteiger partial charge on any atom is -0.463 e. The molecule has 0 aromatic rings. The number of ether oxygens (including phenoxy) is 6. The van der Waals surface area contributed by atoms with Crippen LogP contribution >= 0.6 is 0 Å². The molecule has 136 valence electrons. The Morgan fingerprint density at radius 2 is 1.67 bits per heavy atom. The van der Waals surface area contributed by atoms with Crippen molar-refractivity contribution in [3.63, 3.8) is 0 Å². The first-order valence-electron chi connectivity index (χ1n) is 7.89. The van der Waals surface area contributed by atoms with E-state index >= 15 is 0 Å². The third kappa shape index (κ3) is 2.70. The molecule has 0 saturated carbocycles. The number of fused-ring (bicyclic) bond motifs is 5. The minimum absolute atomic E-state index is 0.116. The maximum Gasteiger partial charge on any atom is 0.312 e. The first-order chi connectivity index (χ1) is 11.5. The second kappa shape index (κ2) is 6.57. The summed E-state index contributed by atoms with van der Waals surface area (Å²) in [6.07, 6.45) is -2.16. The van der Waals surface area contributed by atoms with Crippen molar-refractivity contribution >= 4 is 11.9 Å². The average Bonchev–Trinajstić information content (AvgIpc) is 3.21. The quantitative estimate of drug-likeness (QED) is 0.485. The van der Waals surface area contributed by atoms with E-state index in [1.54, 1.807) is 6.92 Å². The SMILES string of the molecule is CNC(=O)C1C(C(=O)OCCOC)C2O[C@@H]1[C@H]1OC(C)(OC)OC21. The van der Waals surface area contributed by atoms with E-state index < -0.39 is 48.2 Å². The lowest BCUT2D eigenvalue weighted by Gasteiger charge is -2.30. The molecule has 2 bridgehead atoms. The van der Waals surface area contributed by atoms with Gasteiger partial charge in [-0.25, -0.2) is 0 Å². The lowest BCUT2D eigenvalue weighted by Crippen LogP contribution is -2.53. The van der Waals surface area contributed by atoms with E-state index in [4.69, 9.17) is 28.4 Å². The van der Waals surface area contributed by atoms with Crippen molar-refractivity contribution in [2.24, 2.45) is 11.8 Å². The molecule has 3 heterocycles. The summed E-state index contributed by atoms with van der Waals surface area (Å²) in [6.45, 7) is 2.04. The van der Waals surface area contributed by atoms with Crippen LogP contribution in [0.5, 0.6) is 0 Å². The first kappa shape index (κ1) is 17.6. The molecule has 0 aromatic heterocycles. The third-order valence-corrected chi connectivity index (χ3v) is 4.80. The Kier molecular flexibility index (Phi) is 4.80. The second-order valence-electron chi connectivity index (χ2n) is 6.12. The van der Waals surface area contributed by atoms with Crippen LogP contribution in [0.25, 0.3) is 0 Å². The molecule has 0 aliphatic carbocycles. The Morgan fingerprint density at radius 1 is 1.04 bits per heavy atom. The van der Waals surface area contributed by atoms with Crippen LogP contribution in [-0.2, 0) is 38.0 Å². The molecule has 3 rings (SSSR count). The molecule has 3 saturated heterocycles. The lowest BCUT2D eigenvalue weighted by atomic mass is 9.76. The van der Waals surface area contributed by atoms with Crippen LogP contribution < -0.4 is 5.32 Å². The van der Waals surface area contributed by atoms with Gasteiger partial charge < -0.3 is 33.7 Å². The molecular formula is C15H23NO8. The number of rotatable bonds is 6. The molecule has 1 amide bonds. The highest BCUT2D eigenvalue weighted by molar-refractivity contribution is 5.87. The average molecular weight is 345 g/mol. The predicted molar refractivity (Wildman–Crippen MR) is 77.7 cm³/mol. The number of methoxy groups -OCH3 is 2. The van der Waals surface area contributed by atoms with Gasteiger partial charge in [-0.15, -0.1) is 0 Å². The van der Waals surface area contributed by atoms with E-state index in [1.165, 1.54) is 21.3 Å². The van der Waals surface area contributed by atoms with Gasteiger partial charge in [0, 0.05) is 28.2 Å². The molecule has 5 unspecified atom stereocenters. The zero-order valence-electron chi connectivity index (χ0n) is 14.1. The van der Waals surface area contributed by atoms with Gasteiger partial charge in [0.2, 0.25) is 5.91 Å². The topological polar surface area (TPSA) is 102 Å². The predicted octanol–water partition coefficient (Wildman–Crippen LogP) is -0.960. The molecule has 1 N–H and O–H groups in total. The summed E-state index contributed by atoms with van der Waals surface area (Å²) in [6, 6.07) is 0. The summed E-state index contributed by atoms with van der Waals surface area (Å²) in [5, 5.41) is 2.58. The van der Waals surface area contributed by atoms with Crippen LogP contribution in [0.15, 0.2) is 0 Å². The van der Waals surface area contributed by atoms with Gasteiger partial charge in [0.1, 0.15) is 24.9 Å². The molecule has 24 heavy (non-hydrogen) atoms. The van der Waals surface area contributed by atoms with Gasteiger partial charge in [0.05, 0.1) is 24.5 Å². The summed E-state index contributed by atoms with van der Waals surface area (Å²) in [7, 11) is 4.50. The minimum atomic E-state index is -1.21. The number of amides is 1. The molecule has 0 aromatic carbocycles. The fraction of sp³-hybridized carbons (Fsp3) is 0.867. The smallest absolute Gasteiger partial charge is 0.312 e. The standard InChI is InChI=1S/C15H23NO8/c1-15(20-4)23-11-9-7(13(17)16-2)8(10(22-9)12(11)24-15)14(18)21-6-5-19-3/h7-12H,5-6H2,1-4H3,(H,16,17)/t7?,8?,9-,10?,11+,12?,15?/m0/s1. The third-order valence-electron chi connectivity index (χ3n) is 4.80. The summed E-state index contributed by atoms with van der Waals surface area (Å²) in [5.74, 6) is -3.45. The molecule has 3 aliphatic rings. The van der Waals surface area contributed by atoms with Crippen LogP contribution in [0, 0.1) is 11.8 Å². The molecule has 7 atom stereocenters. The van der Waals surface area contributed by atoms with Crippen molar-refractivity contribution in [2.75, 3.05) is 34.5 Å². The molecule has 9 heteroatoms. The van der Waals surface area contributed by atoms with Crippen molar-refractivity contribution in [2.45, 2.75) is 37.3 Å². The Morgan fingerprint density at radius 3 is 2.21 bits per heavy atom. The Hall–Kier alpha value is -1.26. The van der Waals surface area contributed by atoms with E-state index in [0.717, 1.165) is 0 Å². The number of hydrogen-bond acceptors (Lipinski definition) is 8. The van der Waals surface area contributed by atoms with Crippen LogP contribution in [0.4, 0.5) is 0 Å². The van der Waals surface area contributed by atoms with Crippen LogP contribution in [0.1, 0.15) is 6.92 Å². The van der Waals surface area contributed by atoms with Crippen LogP contribution in [0.2, 0.25) is 0 Å². The highest BCUT2D eigenvalue weighted by Crippen LogP contribution is 2.51. The summed E-state index contributed by atoms with van der Waals surface area (Å²) >= 11 is 0. The number of carbonyl (C=O) groups excluding carboxylic acids is 2. The molecule has 9 nitrogen and oxygen atoms in total. The van der Waals surface area contributed by atoms with Gasteiger partial charge in [0.15, 0.2) is 0 Å². The molecule has 3 aliphatic heterocycles. The van der Waals surface area contributed by atoms with E-state index in [2.05, 4.69) is 5.32 Å². The Labute approximate surface area is 139 Å². The van der Waals surface area contributed by atoms with Gasteiger partial charge in [-0.05, 0) is 0 Å². The number of hydrogen-bond donors (Lipinski definition) is 1. The molecular weight excluding hydrogens is 322 g/mol. The second-order valence-corrected chi connectivity index (χ2v) is 6.12. The summed E-state index contributed by atoms with van der Waals surface area (Å²) in [5.41, 5.74) is 0. The molecule has 3 fully saturated rings. The van der Waals surface area contributed by atoms with Gasteiger partial charge in [-0.3, -0.25) is 9.59 Å². The van der Waals surface area contributed by atoms with Crippen LogP contribution in [-0.4, -0.2) is 76.7 Å². The fourth-order valence-corrected chi connectivity index (χ4v) is 3.67. The largest absolute Gasteiger partial charge is 0.463 e. The van der Waals surface area contributed by atoms with Crippen molar-refractivity contribution in [1.82, 2.24) is 5.32 Å². The number of nitrogens with one attached hydrogen (secondary N) is 1. The highest BCUT2D eigenvalue weighted by Gasteiger charge is 2.70. The zero-order valence-corrected chi connectivity index (χ0v) is 14.1. The number of esters is 1.